The molecule has 1 aromatic rings. The molecule has 2 saturated heterocycles. The largest absolute Gasteiger partial charge is 0.444 e. The van der Waals surface area contributed by atoms with Crippen molar-refractivity contribution in [1.29, 1.82) is 0 Å². The van der Waals surface area contributed by atoms with Gasteiger partial charge in [-0.2, -0.15) is 11.8 Å². The molecule has 2 fully saturated rings. The second-order valence-corrected chi connectivity index (χ2v) is 14.7. The number of carbonyl (C=O) groups excluding carboxylic acids is 3. The summed E-state index contributed by atoms with van der Waals surface area (Å²) in [6.45, 7) is 18.8. The number of likely N-dealkylation sites (tertiary alicyclic amines) is 1. The number of carbonyl (C=O) groups is 3. The van der Waals surface area contributed by atoms with Crippen LogP contribution in [0.5, 0.6) is 0 Å². The van der Waals surface area contributed by atoms with Crippen molar-refractivity contribution in [2.24, 2.45) is 5.92 Å². The summed E-state index contributed by atoms with van der Waals surface area (Å²) in [6.07, 6.45) is 4.77. The summed E-state index contributed by atoms with van der Waals surface area (Å²) in [5, 5.41) is 6.28. The summed E-state index contributed by atoms with van der Waals surface area (Å²) in [5.41, 5.74) is -0.533. The van der Waals surface area contributed by atoms with Gasteiger partial charge in [0.25, 0.3) is 5.91 Å². The maximum absolute atomic E-state index is 14.4. The van der Waals surface area contributed by atoms with E-state index in [1.54, 1.807) is 27.8 Å². The van der Waals surface area contributed by atoms with Crippen molar-refractivity contribution >= 4 is 35.6 Å². The Morgan fingerprint density at radius 3 is 2.50 bits per heavy atom. The van der Waals surface area contributed by atoms with Crippen LogP contribution in [0.25, 0.3) is 0 Å². The lowest BCUT2D eigenvalue weighted by Crippen LogP contribution is -2.60. The number of amides is 4. The van der Waals surface area contributed by atoms with Crippen LogP contribution in [0.15, 0.2) is 6.20 Å². The zero-order valence-corrected chi connectivity index (χ0v) is 27.8. The Bertz CT molecular complexity index is 1100. The van der Waals surface area contributed by atoms with Crippen LogP contribution < -0.4 is 10.6 Å². The molecule has 0 aromatic carbocycles. The van der Waals surface area contributed by atoms with E-state index in [2.05, 4.69) is 35.7 Å². The molecule has 0 spiro atoms. The van der Waals surface area contributed by atoms with Gasteiger partial charge in [0.2, 0.25) is 0 Å². The van der Waals surface area contributed by atoms with E-state index in [1.807, 2.05) is 46.4 Å². The summed E-state index contributed by atoms with van der Waals surface area (Å²) in [4.78, 5) is 55.1. The van der Waals surface area contributed by atoms with Gasteiger partial charge in [-0.05, 0) is 51.5 Å². The Hall–Kier alpha value is -2.76. The average molecular weight is 606 g/mol. The zero-order chi connectivity index (χ0) is 31.2. The Balaban J connectivity index is 1.99. The molecule has 2 aliphatic heterocycles. The summed E-state index contributed by atoms with van der Waals surface area (Å²) in [5.74, 6) is 2.19. The van der Waals surface area contributed by atoms with Crippen LogP contribution in [0, 0.1) is 5.92 Å². The molecule has 4 amide bonds. The Labute approximate surface area is 255 Å². The Morgan fingerprint density at radius 2 is 1.93 bits per heavy atom. The van der Waals surface area contributed by atoms with Crippen LogP contribution in [0.4, 0.5) is 15.4 Å². The first kappa shape index (κ1) is 33.7. The first-order valence-corrected chi connectivity index (χ1v) is 16.4. The topological polar surface area (TPSA) is 120 Å². The maximum Gasteiger partial charge on any atom is 0.410 e. The molecule has 3 heterocycles. The molecule has 0 saturated carbocycles. The third-order valence-electron chi connectivity index (χ3n) is 7.16. The summed E-state index contributed by atoms with van der Waals surface area (Å²) < 4.78 is 5.73. The smallest absolute Gasteiger partial charge is 0.410 e. The van der Waals surface area contributed by atoms with Crippen molar-refractivity contribution < 1.29 is 19.1 Å². The number of thioether (sulfide) groups is 1. The second-order valence-electron chi connectivity index (χ2n) is 13.7. The van der Waals surface area contributed by atoms with Gasteiger partial charge in [0.1, 0.15) is 22.8 Å². The Morgan fingerprint density at radius 1 is 1.21 bits per heavy atom. The van der Waals surface area contributed by atoms with Gasteiger partial charge in [-0.1, -0.05) is 34.6 Å². The van der Waals surface area contributed by atoms with Crippen LogP contribution in [-0.2, 0) is 10.2 Å². The van der Waals surface area contributed by atoms with Gasteiger partial charge in [-0.15, -0.1) is 0 Å². The lowest BCUT2D eigenvalue weighted by Gasteiger charge is -2.45. The van der Waals surface area contributed by atoms with Crippen LogP contribution in [0.3, 0.4) is 0 Å². The first-order chi connectivity index (χ1) is 19.6. The number of nitrogens with one attached hydrogen (secondary N) is 2. The molecule has 2 aliphatic rings. The highest BCUT2D eigenvalue weighted by atomic mass is 32.2. The first-order valence-electron chi connectivity index (χ1n) is 15.0. The van der Waals surface area contributed by atoms with Crippen molar-refractivity contribution in [3.05, 3.63) is 17.6 Å². The van der Waals surface area contributed by atoms with E-state index in [-0.39, 0.29) is 35.4 Å². The minimum absolute atomic E-state index is 0.144. The van der Waals surface area contributed by atoms with Crippen LogP contribution >= 0.6 is 11.8 Å². The lowest BCUT2D eigenvalue weighted by atomic mass is 9.95. The highest BCUT2D eigenvalue weighted by Crippen LogP contribution is 2.28. The van der Waals surface area contributed by atoms with Crippen LogP contribution in [-0.4, -0.2) is 112 Å². The van der Waals surface area contributed by atoms with Gasteiger partial charge < -0.3 is 30.1 Å². The normalized spacial score (nSPS) is 19.6. The van der Waals surface area contributed by atoms with Crippen molar-refractivity contribution in [2.75, 3.05) is 56.6 Å². The highest BCUT2D eigenvalue weighted by Gasteiger charge is 2.41. The SMILES string of the molecule is CSCCCNc1nc(C(C)(C)C)ncc1C(=O)N(CC(C)C)[C@H]1C[C@@H](N2CCNC2=O)CN(C(=O)OC(C)(C)C)C1. The Kier molecular flexibility index (Phi) is 11.4. The molecule has 0 radical (unpaired) electrons. The number of aromatic nitrogens is 2. The van der Waals surface area contributed by atoms with E-state index in [0.29, 0.717) is 62.9 Å². The quantitative estimate of drug-likeness (QED) is 0.376. The molecular formula is C30H51N7O4S. The van der Waals surface area contributed by atoms with Gasteiger partial charge >= 0.3 is 12.1 Å². The second kappa shape index (κ2) is 14.1. The third kappa shape index (κ3) is 9.12. The molecule has 0 unspecified atom stereocenters. The number of rotatable bonds is 10. The van der Waals surface area contributed by atoms with Gasteiger partial charge in [0.15, 0.2) is 0 Å². The van der Waals surface area contributed by atoms with Crippen LogP contribution in [0.1, 0.15) is 84.4 Å². The molecule has 0 aliphatic carbocycles. The fourth-order valence-corrected chi connectivity index (χ4v) is 5.65. The van der Waals surface area contributed by atoms with E-state index < -0.39 is 11.7 Å². The molecule has 2 N–H and O–H groups in total. The number of hydrogen-bond donors (Lipinski definition) is 2. The average Bonchev–Trinajstić information content (AvgIpc) is 3.33. The zero-order valence-electron chi connectivity index (χ0n) is 27.0. The summed E-state index contributed by atoms with van der Waals surface area (Å²) >= 11 is 1.78. The number of hydrogen-bond acceptors (Lipinski definition) is 8. The molecule has 42 heavy (non-hydrogen) atoms. The molecule has 1 aromatic heterocycles. The standard InChI is InChI=1S/C30H51N7O4S/c1-20(2)17-37(25(38)23-16-33-26(29(3,4)5)34-24(23)31-11-10-14-42-9)22-15-21(36-13-12-32-27(36)39)18-35(19-22)28(40)41-30(6,7)8/h16,20-22H,10-15,17-19H2,1-9H3,(H,32,39)(H,31,33,34)/t21-,22+/m1/s1. The van der Waals surface area contributed by atoms with Crippen molar-refractivity contribution in [3.63, 3.8) is 0 Å². The van der Waals surface area contributed by atoms with Crippen molar-refractivity contribution in [2.45, 2.75) is 91.3 Å². The molecular weight excluding hydrogens is 554 g/mol. The van der Waals surface area contributed by atoms with E-state index in [1.165, 1.54) is 0 Å². The van der Waals surface area contributed by atoms with Gasteiger partial charge in [-0.3, -0.25) is 4.79 Å². The molecule has 12 heteroatoms. The van der Waals surface area contributed by atoms with Gasteiger partial charge in [-0.25, -0.2) is 19.6 Å². The van der Waals surface area contributed by atoms with E-state index in [9.17, 15) is 14.4 Å². The summed E-state index contributed by atoms with van der Waals surface area (Å²) in [6, 6.07) is -0.717. The molecule has 11 nitrogen and oxygen atoms in total. The number of urea groups is 1. The van der Waals surface area contributed by atoms with Gasteiger partial charge in [0.05, 0.1) is 12.1 Å². The minimum atomic E-state index is -0.666. The van der Waals surface area contributed by atoms with E-state index in [4.69, 9.17) is 9.72 Å². The predicted molar refractivity (Wildman–Crippen MR) is 168 cm³/mol. The van der Waals surface area contributed by atoms with Crippen LogP contribution in [0.2, 0.25) is 0 Å². The fraction of sp³-hybridized carbons (Fsp3) is 0.767. The van der Waals surface area contributed by atoms with Crippen molar-refractivity contribution in [1.82, 2.24) is 30.0 Å². The van der Waals surface area contributed by atoms with Crippen molar-refractivity contribution in [3.8, 4) is 0 Å². The number of ether oxygens (including phenoxy) is 1. The lowest BCUT2D eigenvalue weighted by molar-refractivity contribution is -0.00210. The highest BCUT2D eigenvalue weighted by molar-refractivity contribution is 7.98. The maximum atomic E-state index is 14.4. The third-order valence-corrected chi connectivity index (χ3v) is 7.86. The molecule has 3 rings (SSSR count). The van der Waals surface area contributed by atoms with E-state index in [0.717, 1.165) is 12.2 Å². The number of piperidine rings is 1. The predicted octanol–water partition coefficient (Wildman–Crippen LogP) is 4.44. The number of anilines is 1. The number of nitrogens with zero attached hydrogens (tertiary/aromatic N) is 5. The summed E-state index contributed by atoms with van der Waals surface area (Å²) in [7, 11) is 0. The molecule has 2 atom stereocenters. The van der Waals surface area contributed by atoms with Gasteiger partial charge in [0, 0.05) is 50.9 Å². The fourth-order valence-electron chi connectivity index (χ4n) is 5.21. The molecule has 236 valence electrons. The minimum Gasteiger partial charge on any atom is -0.444 e. The monoisotopic (exact) mass is 605 g/mol. The van der Waals surface area contributed by atoms with E-state index >= 15 is 0 Å². The molecule has 0 bridgehead atoms.